The molecule has 4 N–H and O–H groups in total. The lowest BCUT2D eigenvalue weighted by molar-refractivity contribution is -0.142. The van der Waals surface area contributed by atoms with E-state index in [1.807, 2.05) is 0 Å². The van der Waals surface area contributed by atoms with Crippen LogP contribution in [-0.4, -0.2) is 41.8 Å². The maximum absolute atomic E-state index is 12.1. The maximum Gasteiger partial charge on any atom is 0.405 e. The molecule has 10 heteroatoms. The Kier molecular flexibility index (Phi) is 6.65. The van der Waals surface area contributed by atoms with Gasteiger partial charge in [0.2, 0.25) is 0 Å². The summed E-state index contributed by atoms with van der Waals surface area (Å²) in [5.41, 5.74) is 0.413. The van der Waals surface area contributed by atoms with E-state index in [1.54, 1.807) is 5.32 Å². The van der Waals surface area contributed by atoms with Crippen LogP contribution in [0.15, 0.2) is 24.3 Å². The molecule has 3 amide bonds. The number of rotatable bonds is 5. The fourth-order valence-electron chi connectivity index (χ4n) is 2.82. The first-order valence-electron chi connectivity index (χ1n) is 8.39. The van der Waals surface area contributed by atoms with Crippen LogP contribution in [0.1, 0.15) is 36.0 Å². The molecule has 0 unspecified atom stereocenters. The van der Waals surface area contributed by atoms with E-state index in [1.165, 1.54) is 24.3 Å². The van der Waals surface area contributed by atoms with Crippen molar-refractivity contribution in [3.05, 3.63) is 29.8 Å². The van der Waals surface area contributed by atoms with Crippen molar-refractivity contribution in [2.75, 3.05) is 11.9 Å². The standard InChI is InChI=1S/C17H20F3N3O4/c18-17(19,20)9-21-14(24)10-1-5-12(6-2-10)22-16(27)23-13-7-3-11(4-8-13)15(25)26/h1-2,5-6,11,13H,3-4,7-9H2,(H,21,24)(H,25,26)(H2,22,23,27). The highest BCUT2D eigenvalue weighted by molar-refractivity contribution is 5.95. The van der Waals surface area contributed by atoms with Crippen LogP contribution < -0.4 is 16.0 Å². The first-order valence-corrected chi connectivity index (χ1v) is 8.39. The van der Waals surface area contributed by atoms with Gasteiger partial charge in [-0.3, -0.25) is 9.59 Å². The van der Waals surface area contributed by atoms with Crippen molar-refractivity contribution in [3.63, 3.8) is 0 Å². The number of hydrogen-bond donors (Lipinski definition) is 4. The van der Waals surface area contributed by atoms with Gasteiger partial charge < -0.3 is 21.1 Å². The average Bonchev–Trinajstić information content (AvgIpc) is 2.60. The van der Waals surface area contributed by atoms with Gasteiger partial charge in [-0.2, -0.15) is 13.2 Å². The zero-order valence-corrected chi connectivity index (χ0v) is 14.3. The van der Waals surface area contributed by atoms with Crippen LogP contribution in [0.3, 0.4) is 0 Å². The molecule has 1 aliphatic carbocycles. The zero-order valence-electron chi connectivity index (χ0n) is 14.3. The molecule has 0 saturated heterocycles. The highest BCUT2D eigenvalue weighted by Gasteiger charge is 2.28. The Bertz CT molecular complexity index is 684. The van der Waals surface area contributed by atoms with Crippen molar-refractivity contribution in [2.45, 2.75) is 37.9 Å². The Balaban J connectivity index is 1.79. The molecule has 7 nitrogen and oxygen atoms in total. The maximum atomic E-state index is 12.1. The summed E-state index contributed by atoms with van der Waals surface area (Å²) in [6, 6.07) is 4.84. The summed E-state index contributed by atoms with van der Waals surface area (Å²) in [6.07, 6.45) is -2.34. The molecular weight excluding hydrogens is 367 g/mol. The van der Waals surface area contributed by atoms with E-state index < -0.39 is 30.6 Å². The molecular formula is C17H20F3N3O4. The Morgan fingerprint density at radius 2 is 1.63 bits per heavy atom. The van der Waals surface area contributed by atoms with Gasteiger partial charge in [-0.1, -0.05) is 0 Å². The second kappa shape index (κ2) is 8.74. The second-order valence-electron chi connectivity index (χ2n) is 6.36. The SMILES string of the molecule is O=C(Nc1ccc(C(=O)NCC(F)(F)F)cc1)NC1CCC(C(=O)O)CC1. The normalized spacial score (nSPS) is 19.8. The number of aliphatic carboxylic acids is 1. The number of alkyl halides is 3. The predicted octanol–water partition coefficient (Wildman–Crippen LogP) is 2.74. The lowest BCUT2D eigenvalue weighted by Crippen LogP contribution is -2.41. The van der Waals surface area contributed by atoms with Gasteiger partial charge in [0, 0.05) is 17.3 Å². The molecule has 1 fully saturated rings. The third-order valence-corrected chi connectivity index (χ3v) is 4.27. The number of anilines is 1. The minimum atomic E-state index is -4.49. The number of halogens is 3. The fourth-order valence-corrected chi connectivity index (χ4v) is 2.82. The summed E-state index contributed by atoms with van der Waals surface area (Å²) in [5.74, 6) is -2.06. The van der Waals surface area contributed by atoms with Crippen molar-refractivity contribution in [3.8, 4) is 0 Å². The summed E-state index contributed by atoms with van der Waals surface area (Å²) in [7, 11) is 0. The third kappa shape index (κ3) is 6.80. The van der Waals surface area contributed by atoms with E-state index in [0.29, 0.717) is 31.4 Å². The number of carbonyl (C=O) groups excluding carboxylic acids is 2. The number of nitrogens with one attached hydrogen (secondary N) is 3. The predicted molar refractivity (Wildman–Crippen MR) is 90.4 cm³/mol. The van der Waals surface area contributed by atoms with Gasteiger partial charge in [0.05, 0.1) is 5.92 Å². The molecule has 0 bridgehead atoms. The van der Waals surface area contributed by atoms with Gasteiger partial charge in [0.25, 0.3) is 5.91 Å². The lowest BCUT2D eigenvalue weighted by atomic mass is 9.86. The second-order valence-corrected chi connectivity index (χ2v) is 6.36. The number of carbonyl (C=O) groups is 3. The molecule has 0 aliphatic heterocycles. The lowest BCUT2D eigenvalue weighted by Gasteiger charge is -2.26. The summed E-state index contributed by atoms with van der Waals surface area (Å²) >= 11 is 0. The smallest absolute Gasteiger partial charge is 0.405 e. The molecule has 1 aromatic carbocycles. The summed E-state index contributed by atoms with van der Waals surface area (Å²) < 4.78 is 36.3. The van der Waals surface area contributed by atoms with Crippen LogP contribution in [0.4, 0.5) is 23.7 Å². The van der Waals surface area contributed by atoms with Crippen molar-refractivity contribution in [2.24, 2.45) is 5.92 Å². The monoisotopic (exact) mass is 387 g/mol. The molecule has 1 aromatic rings. The molecule has 0 radical (unpaired) electrons. The first-order chi connectivity index (χ1) is 12.6. The Morgan fingerprint density at radius 3 is 2.15 bits per heavy atom. The summed E-state index contributed by atoms with van der Waals surface area (Å²) in [6.45, 7) is -1.42. The van der Waals surface area contributed by atoms with E-state index in [0.717, 1.165) is 0 Å². The minimum absolute atomic E-state index is 0.0391. The molecule has 2 rings (SSSR count). The minimum Gasteiger partial charge on any atom is -0.481 e. The van der Waals surface area contributed by atoms with Gasteiger partial charge in [-0.15, -0.1) is 0 Å². The van der Waals surface area contributed by atoms with Crippen LogP contribution in [0.25, 0.3) is 0 Å². The molecule has 148 valence electrons. The summed E-state index contributed by atoms with van der Waals surface area (Å²) in [5, 5.41) is 16.0. The van der Waals surface area contributed by atoms with E-state index in [9.17, 15) is 27.6 Å². The van der Waals surface area contributed by atoms with Crippen LogP contribution in [0.2, 0.25) is 0 Å². The number of amides is 3. The molecule has 1 saturated carbocycles. The zero-order chi connectivity index (χ0) is 20.0. The number of carboxylic acid groups (broad SMARTS) is 1. The molecule has 1 aliphatic rings. The van der Waals surface area contributed by atoms with Crippen LogP contribution in [0.5, 0.6) is 0 Å². The number of carboxylic acids is 1. The van der Waals surface area contributed by atoms with Crippen LogP contribution in [0, 0.1) is 5.92 Å². The molecule has 0 spiro atoms. The molecule has 0 aromatic heterocycles. The van der Waals surface area contributed by atoms with E-state index >= 15 is 0 Å². The number of urea groups is 1. The van der Waals surface area contributed by atoms with Crippen LogP contribution >= 0.6 is 0 Å². The highest BCUT2D eigenvalue weighted by Crippen LogP contribution is 2.24. The molecule has 0 atom stereocenters. The van der Waals surface area contributed by atoms with E-state index in [4.69, 9.17) is 5.11 Å². The first kappa shape index (κ1) is 20.5. The van der Waals surface area contributed by atoms with Crippen molar-refractivity contribution >= 4 is 23.6 Å². The largest absolute Gasteiger partial charge is 0.481 e. The van der Waals surface area contributed by atoms with Crippen molar-refractivity contribution in [1.82, 2.24) is 10.6 Å². The Labute approximate surface area is 153 Å². The Morgan fingerprint density at radius 1 is 1.04 bits per heavy atom. The fraction of sp³-hybridized carbons (Fsp3) is 0.471. The van der Waals surface area contributed by atoms with Crippen molar-refractivity contribution in [1.29, 1.82) is 0 Å². The van der Waals surface area contributed by atoms with E-state index in [2.05, 4.69) is 10.6 Å². The van der Waals surface area contributed by atoms with Gasteiger partial charge in [-0.25, -0.2) is 4.79 Å². The van der Waals surface area contributed by atoms with Gasteiger partial charge in [0.15, 0.2) is 0 Å². The molecule has 0 heterocycles. The average molecular weight is 387 g/mol. The summed E-state index contributed by atoms with van der Waals surface area (Å²) in [4.78, 5) is 34.5. The highest BCUT2D eigenvalue weighted by atomic mass is 19.4. The van der Waals surface area contributed by atoms with Crippen LogP contribution in [-0.2, 0) is 4.79 Å². The van der Waals surface area contributed by atoms with Gasteiger partial charge in [0.1, 0.15) is 6.54 Å². The van der Waals surface area contributed by atoms with Gasteiger partial charge >= 0.3 is 18.2 Å². The van der Waals surface area contributed by atoms with Gasteiger partial charge in [-0.05, 0) is 49.9 Å². The van der Waals surface area contributed by atoms with E-state index in [-0.39, 0.29) is 17.5 Å². The molecule has 27 heavy (non-hydrogen) atoms. The Hall–Kier alpha value is -2.78. The topological polar surface area (TPSA) is 108 Å². The van der Waals surface area contributed by atoms with Crippen molar-refractivity contribution < 1.29 is 32.7 Å². The quantitative estimate of drug-likeness (QED) is 0.623. The number of benzene rings is 1. The third-order valence-electron chi connectivity index (χ3n) is 4.27. The number of hydrogen-bond acceptors (Lipinski definition) is 3.